The molecule has 0 N–H and O–H groups in total. The molecule has 3 aromatic heterocycles. The number of hydrogen-bond acceptors (Lipinski definition) is 6. The molecule has 126 valence electrons. The zero-order valence-electron chi connectivity index (χ0n) is 13.7. The Balaban J connectivity index is 1.67. The summed E-state index contributed by atoms with van der Waals surface area (Å²) in [6.07, 6.45) is 5.00. The first kappa shape index (κ1) is 15.2. The molecule has 0 aliphatic rings. The van der Waals surface area contributed by atoms with Crippen LogP contribution in [0.3, 0.4) is 0 Å². The van der Waals surface area contributed by atoms with Gasteiger partial charge in [0.1, 0.15) is 5.76 Å². The van der Waals surface area contributed by atoms with E-state index in [4.69, 9.17) is 13.4 Å². The van der Waals surface area contributed by atoms with Gasteiger partial charge in [0, 0.05) is 17.7 Å². The van der Waals surface area contributed by atoms with Crippen molar-refractivity contribution >= 4 is 23.3 Å². The average molecular weight is 337 g/mol. The molecule has 0 spiro atoms. The van der Waals surface area contributed by atoms with Gasteiger partial charge in [0.05, 0.1) is 11.8 Å². The number of furan rings is 1. The summed E-state index contributed by atoms with van der Waals surface area (Å²) in [4.78, 5) is 16.3. The second-order valence-corrected chi connectivity index (χ2v) is 5.82. The van der Waals surface area contributed by atoms with Crippen molar-refractivity contribution < 1.29 is 13.4 Å². The fourth-order valence-corrected chi connectivity index (χ4v) is 2.62. The highest BCUT2D eigenvalue weighted by Crippen LogP contribution is 2.24. The van der Waals surface area contributed by atoms with E-state index in [0.29, 0.717) is 28.6 Å². The van der Waals surface area contributed by atoms with Crippen LogP contribution >= 0.6 is 0 Å². The van der Waals surface area contributed by atoms with Crippen LogP contribution in [0.15, 0.2) is 54.7 Å². The molecular weight excluding hydrogens is 322 g/mol. The van der Waals surface area contributed by atoms with Crippen molar-refractivity contribution in [2.45, 2.75) is 19.9 Å². The molecular formula is C18H15N3O4. The Morgan fingerprint density at radius 1 is 1.20 bits per heavy atom. The van der Waals surface area contributed by atoms with Gasteiger partial charge in [0.15, 0.2) is 5.58 Å². The molecule has 25 heavy (non-hydrogen) atoms. The van der Waals surface area contributed by atoms with Crippen LogP contribution in [0.4, 0.5) is 0 Å². The van der Waals surface area contributed by atoms with E-state index in [1.165, 1.54) is 0 Å². The second kappa shape index (κ2) is 5.94. The molecule has 0 amide bonds. The Kier molecular flexibility index (Phi) is 3.61. The van der Waals surface area contributed by atoms with Crippen molar-refractivity contribution in [2.75, 3.05) is 0 Å². The Morgan fingerprint density at radius 3 is 2.84 bits per heavy atom. The highest BCUT2D eigenvalue weighted by Gasteiger charge is 2.14. The lowest BCUT2D eigenvalue weighted by Gasteiger charge is -2.04. The Morgan fingerprint density at radius 2 is 2.08 bits per heavy atom. The van der Waals surface area contributed by atoms with Gasteiger partial charge in [0.25, 0.3) is 5.89 Å². The van der Waals surface area contributed by atoms with Crippen LogP contribution in [0, 0.1) is 0 Å². The molecule has 0 aliphatic carbocycles. The Bertz CT molecular complexity index is 1100. The molecule has 0 fully saturated rings. The number of fused-ring (bicyclic) bond motifs is 1. The first-order valence-corrected chi connectivity index (χ1v) is 7.82. The van der Waals surface area contributed by atoms with Crippen molar-refractivity contribution in [3.63, 3.8) is 0 Å². The van der Waals surface area contributed by atoms with E-state index in [9.17, 15) is 4.79 Å². The third-order valence-corrected chi connectivity index (χ3v) is 3.76. The summed E-state index contributed by atoms with van der Waals surface area (Å²) in [6, 6.07) is 9.03. The summed E-state index contributed by atoms with van der Waals surface area (Å²) in [6.45, 7) is 3.86. The summed E-state index contributed by atoms with van der Waals surface area (Å²) < 4.78 is 17.3. The molecule has 4 rings (SSSR count). The van der Waals surface area contributed by atoms with Gasteiger partial charge in [-0.15, -0.1) is 0 Å². The van der Waals surface area contributed by atoms with Crippen LogP contribution in [0.2, 0.25) is 0 Å². The molecule has 0 saturated heterocycles. The van der Waals surface area contributed by atoms with Gasteiger partial charge in [0.2, 0.25) is 5.82 Å². The molecule has 0 atom stereocenters. The maximum atomic E-state index is 12.0. The average Bonchev–Trinajstić information content (AvgIpc) is 3.31. The van der Waals surface area contributed by atoms with Gasteiger partial charge in [-0.3, -0.25) is 4.57 Å². The highest BCUT2D eigenvalue weighted by atomic mass is 16.5. The molecule has 1 aromatic carbocycles. The quantitative estimate of drug-likeness (QED) is 0.559. The maximum Gasteiger partial charge on any atom is 0.420 e. The first-order chi connectivity index (χ1) is 12.1. The Hall–Kier alpha value is -3.35. The summed E-state index contributed by atoms with van der Waals surface area (Å²) in [5, 5.41) is 3.96. The van der Waals surface area contributed by atoms with Crippen molar-refractivity contribution in [3.05, 3.63) is 58.8 Å². The van der Waals surface area contributed by atoms with Crippen LogP contribution in [0.25, 0.3) is 34.6 Å². The van der Waals surface area contributed by atoms with E-state index in [1.807, 2.05) is 32.0 Å². The molecule has 7 heteroatoms. The third kappa shape index (κ3) is 2.80. The summed E-state index contributed by atoms with van der Waals surface area (Å²) in [5.41, 5.74) is 1.94. The molecule has 0 unspecified atom stereocenters. The van der Waals surface area contributed by atoms with Gasteiger partial charge in [-0.25, -0.2) is 4.79 Å². The number of rotatable bonds is 4. The lowest BCUT2D eigenvalue weighted by atomic mass is 10.2. The first-order valence-electron chi connectivity index (χ1n) is 7.82. The van der Waals surface area contributed by atoms with Gasteiger partial charge in [-0.2, -0.15) is 4.98 Å². The number of hydrogen-bond donors (Lipinski definition) is 0. The summed E-state index contributed by atoms with van der Waals surface area (Å²) in [5.74, 6) is 1.09. The lowest BCUT2D eigenvalue weighted by molar-refractivity contribution is 0.411. The van der Waals surface area contributed by atoms with Crippen molar-refractivity contribution in [3.8, 4) is 11.4 Å². The van der Waals surface area contributed by atoms with Crippen LogP contribution in [0.5, 0.6) is 0 Å². The van der Waals surface area contributed by atoms with Gasteiger partial charge < -0.3 is 13.4 Å². The van der Waals surface area contributed by atoms with Crippen LogP contribution in [-0.2, 0) is 0 Å². The zero-order chi connectivity index (χ0) is 17.4. The second-order valence-electron chi connectivity index (χ2n) is 5.82. The van der Waals surface area contributed by atoms with Crippen molar-refractivity contribution in [2.24, 2.45) is 0 Å². The third-order valence-electron chi connectivity index (χ3n) is 3.76. The number of oxazole rings is 1. The summed E-state index contributed by atoms with van der Waals surface area (Å²) in [7, 11) is 0. The van der Waals surface area contributed by atoms with Gasteiger partial charge >= 0.3 is 5.76 Å². The van der Waals surface area contributed by atoms with E-state index in [2.05, 4.69) is 10.1 Å². The normalized spacial score (nSPS) is 12.0. The molecule has 3 heterocycles. The molecule has 0 saturated carbocycles. The smallest absolute Gasteiger partial charge is 0.420 e. The lowest BCUT2D eigenvalue weighted by Crippen LogP contribution is -2.15. The van der Waals surface area contributed by atoms with Gasteiger partial charge in [-0.05, 0) is 50.3 Å². The molecule has 0 aliphatic heterocycles. The molecule has 0 radical (unpaired) electrons. The van der Waals surface area contributed by atoms with Crippen LogP contribution in [0.1, 0.15) is 31.5 Å². The molecule has 7 nitrogen and oxygen atoms in total. The van der Waals surface area contributed by atoms with E-state index < -0.39 is 0 Å². The minimum Gasteiger partial charge on any atom is -0.465 e. The maximum absolute atomic E-state index is 12.0. The minimum atomic E-state index is -0.377. The van der Waals surface area contributed by atoms with Gasteiger partial charge in [-0.1, -0.05) is 5.16 Å². The van der Waals surface area contributed by atoms with E-state index in [0.717, 1.165) is 5.52 Å². The van der Waals surface area contributed by atoms with E-state index in [-0.39, 0.29) is 11.8 Å². The topological polar surface area (TPSA) is 87.2 Å². The number of nitrogens with zero attached hydrogens (tertiary/aromatic N) is 3. The SMILES string of the molecule is CC(C)n1c(=O)oc2cc(-c3noc(C=Cc4ccco4)n3)ccc21. The summed E-state index contributed by atoms with van der Waals surface area (Å²) >= 11 is 0. The predicted molar refractivity (Wildman–Crippen MR) is 91.8 cm³/mol. The molecule has 0 bridgehead atoms. The number of benzene rings is 1. The van der Waals surface area contributed by atoms with Crippen LogP contribution in [-0.4, -0.2) is 14.7 Å². The monoisotopic (exact) mass is 337 g/mol. The predicted octanol–water partition coefficient (Wildman–Crippen LogP) is 3.99. The minimum absolute atomic E-state index is 0.0168. The van der Waals surface area contributed by atoms with E-state index in [1.54, 1.807) is 35.1 Å². The zero-order valence-corrected chi connectivity index (χ0v) is 13.7. The number of aromatic nitrogens is 3. The van der Waals surface area contributed by atoms with Crippen LogP contribution < -0.4 is 5.76 Å². The fourth-order valence-electron chi connectivity index (χ4n) is 2.62. The van der Waals surface area contributed by atoms with Crippen molar-refractivity contribution in [1.82, 2.24) is 14.7 Å². The fraction of sp³-hybridized carbons (Fsp3) is 0.167. The standard InChI is InChI=1S/C18H15N3O4/c1-11(2)21-14-7-5-12(10-15(14)24-18(21)22)17-19-16(25-20-17)8-6-13-4-3-9-23-13/h3-11H,1-2H3. The van der Waals surface area contributed by atoms with Crippen molar-refractivity contribution in [1.29, 1.82) is 0 Å². The Labute approximate surface area is 142 Å². The van der Waals surface area contributed by atoms with E-state index >= 15 is 0 Å². The molecule has 4 aromatic rings. The highest BCUT2D eigenvalue weighted by molar-refractivity contribution is 5.79. The largest absolute Gasteiger partial charge is 0.465 e.